The van der Waals surface area contributed by atoms with Gasteiger partial charge < -0.3 is 14.8 Å². The maximum Gasteiger partial charge on any atom is 0.246 e. The molecular formula is C18H19N3O3. The van der Waals surface area contributed by atoms with Crippen molar-refractivity contribution in [3.63, 3.8) is 0 Å². The number of nitrogens with one attached hydrogen (secondary N) is 1. The molecule has 6 heteroatoms. The van der Waals surface area contributed by atoms with E-state index in [0.29, 0.717) is 28.4 Å². The Hall–Kier alpha value is -2.73. The molecule has 24 heavy (non-hydrogen) atoms. The van der Waals surface area contributed by atoms with Crippen LogP contribution in [0.15, 0.2) is 47.0 Å². The number of oxazole rings is 1. The van der Waals surface area contributed by atoms with Crippen LogP contribution in [-0.4, -0.2) is 27.1 Å². The molecule has 0 fully saturated rings. The number of hydrogen-bond donors (Lipinski definition) is 2. The minimum absolute atomic E-state index is 0.0356. The Kier molecular flexibility index (Phi) is 4.57. The summed E-state index contributed by atoms with van der Waals surface area (Å²) in [7, 11) is 0. The molecule has 1 atom stereocenters. The van der Waals surface area contributed by atoms with Crippen LogP contribution in [0.4, 0.5) is 5.69 Å². The van der Waals surface area contributed by atoms with Crippen LogP contribution < -0.4 is 5.32 Å². The first-order valence-corrected chi connectivity index (χ1v) is 7.83. The average Bonchev–Trinajstić information content (AvgIpc) is 2.98. The van der Waals surface area contributed by atoms with E-state index in [1.807, 2.05) is 32.0 Å². The smallest absolute Gasteiger partial charge is 0.246 e. The fraction of sp³-hybridized carbons (Fsp3) is 0.278. The number of amides is 1. The van der Waals surface area contributed by atoms with Crippen molar-refractivity contribution < 1.29 is 14.3 Å². The number of carbonyl (C=O) groups excluding carboxylic acids is 1. The standard InChI is InChI=1S/C18H19N3O3/c1-11(2)15(22)10-17(23)20-12-6-7-13-16(9-12)24-18(21-13)14-5-3-4-8-19-14/h3-9,11,15,22H,10H2,1-2H3,(H,20,23). The van der Waals surface area contributed by atoms with Crippen LogP contribution in [-0.2, 0) is 4.79 Å². The average molecular weight is 325 g/mol. The second-order valence-electron chi connectivity index (χ2n) is 5.98. The summed E-state index contributed by atoms with van der Waals surface area (Å²) in [5.41, 5.74) is 2.51. The molecule has 0 spiro atoms. The van der Waals surface area contributed by atoms with Crippen LogP contribution in [0.1, 0.15) is 20.3 Å². The number of aliphatic hydroxyl groups excluding tert-OH is 1. The van der Waals surface area contributed by atoms with Crippen LogP contribution in [0.3, 0.4) is 0 Å². The van der Waals surface area contributed by atoms with Gasteiger partial charge in [0.2, 0.25) is 11.8 Å². The number of aromatic nitrogens is 2. The SMILES string of the molecule is CC(C)C(O)CC(=O)Nc1ccc2nc(-c3ccccn3)oc2c1. The number of hydrogen-bond acceptors (Lipinski definition) is 5. The Morgan fingerprint density at radius 3 is 2.83 bits per heavy atom. The minimum Gasteiger partial charge on any atom is -0.435 e. The highest BCUT2D eigenvalue weighted by Gasteiger charge is 2.15. The van der Waals surface area contributed by atoms with Crippen molar-refractivity contribution in [2.45, 2.75) is 26.4 Å². The van der Waals surface area contributed by atoms with Crippen LogP contribution in [0.25, 0.3) is 22.7 Å². The van der Waals surface area contributed by atoms with E-state index < -0.39 is 6.10 Å². The van der Waals surface area contributed by atoms with Gasteiger partial charge in [-0.15, -0.1) is 0 Å². The molecule has 0 bridgehead atoms. The summed E-state index contributed by atoms with van der Waals surface area (Å²) in [5.74, 6) is 0.234. The molecule has 0 saturated carbocycles. The number of benzene rings is 1. The number of pyridine rings is 1. The summed E-state index contributed by atoms with van der Waals surface area (Å²) in [6.07, 6.45) is 1.08. The van der Waals surface area contributed by atoms with Gasteiger partial charge in [-0.3, -0.25) is 9.78 Å². The lowest BCUT2D eigenvalue weighted by Gasteiger charge is -2.13. The van der Waals surface area contributed by atoms with Gasteiger partial charge in [-0.25, -0.2) is 4.98 Å². The summed E-state index contributed by atoms with van der Waals surface area (Å²) in [6, 6.07) is 10.8. The molecule has 2 aromatic heterocycles. The Bertz CT molecular complexity index is 843. The summed E-state index contributed by atoms with van der Waals surface area (Å²) >= 11 is 0. The van der Waals surface area contributed by atoms with Gasteiger partial charge in [0.25, 0.3) is 0 Å². The Labute approximate surface area is 139 Å². The molecule has 0 radical (unpaired) electrons. The maximum atomic E-state index is 12.0. The van der Waals surface area contributed by atoms with Crippen molar-refractivity contribution in [3.05, 3.63) is 42.6 Å². The number of rotatable bonds is 5. The van der Waals surface area contributed by atoms with Crippen molar-refractivity contribution in [1.29, 1.82) is 0 Å². The number of carbonyl (C=O) groups is 1. The molecule has 0 aliphatic rings. The highest BCUT2D eigenvalue weighted by molar-refractivity contribution is 5.93. The van der Waals surface area contributed by atoms with Gasteiger partial charge in [0.05, 0.1) is 12.5 Å². The van der Waals surface area contributed by atoms with Crippen LogP contribution in [0, 0.1) is 5.92 Å². The lowest BCUT2D eigenvalue weighted by molar-refractivity contribution is -0.118. The molecular weight excluding hydrogens is 306 g/mol. The fourth-order valence-electron chi connectivity index (χ4n) is 2.24. The van der Waals surface area contributed by atoms with E-state index in [1.165, 1.54) is 0 Å². The van der Waals surface area contributed by atoms with E-state index in [4.69, 9.17) is 4.42 Å². The first kappa shape index (κ1) is 16.1. The lowest BCUT2D eigenvalue weighted by atomic mass is 10.0. The topological polar surface area (TPSA) is 88.2 Å². The van der Waals surface area contributed by atoms with Crippen molar-refractivity contribution in [3.8, 4) is 11.6 Å². The number of aliphatic hydroxyl groups is 1. The summed E-state index contributed by atoms with van der Waals surface area (Å²) in [6.45, 7) is 3.75. The van der Waals surface area contributed by atoms with E-state index in [1.54, 1.807) is 24.4 Å². The Morgan fingerprint density at radius 1 is 1.29 bits per heavy atom. The highest BCUT2D eigenvalue weighted by atomic mass is 16.3. The van der Waals surface area contributed by atoms with E-state index in [-0.39, 0.29) is 18.2 Å². The fourth-order valence-corrected chi connectivity index (χ4v) is 2.24. The van der Waals surface area contributed by atoms with Gasteiger partial charge >= 0.3 is 0 Å². The quantitative estimate of drug-likeness (QED) is 0.752. The van der Waals surface area contributed by atoms with Gasteiger partial charge in [-0.2, -0.15) is 0 Å². The van der Waals surface area contributed by atoms with E-state index in [0.717, 1.165) is 0 Å². The molecule has 1 amide bonds. The molecule has 124 valence electrons. The van der Waals surface area contributed by atoms with Gasteiger partial charge in [0.1, 0.15) is 11.2 Å². The van der Waals surface area contributed by atoms with Crippen molar-refractivity contribution in [2.24, 2.45) is 5.92 Å². The first-order chi connectivity index (χ1) is 11.5. The van der Waals surface area contributed by atoms with Crippen LogP contribution in [0.2, 0.25) is 0 Å². The number of anilines is 1. The third-order valence-corrected chi connectivity index (χ3v) is 3.72. The molecule has 0 saturated heterocycles. The molecule has 3 rings (SSSR count). The monoisotopic (exact) mass is 325 g/mol. The van der Waals surface area contributed by atoms with Gasteiger partial charge in [-0.1, -0.05) is 19.9 Å². The Morgan fingerprint density at radius 2 is 2.12 bits per heavy atom. The molecule has 1 unspecified atom stereocenters. The van der Waals surface area contributed by atoms with Crippen LogP contribution >= 0.6 is 0 Å². The summed E-state index contributed by atoms with van der Waals surface area (Å²) in [4.78, 5) is 20.6. The van der Waals surface area contributed by atoms with Crippen molar-refractivity contribution in [2.75, 3.05) is 5.32 Å². The molecule has 0 aliphatic heterocycles. The van der Waals surface area contributed by atoms with Crippen molar-refractivity contribution in [1.82, 2.24) is 9.97 Å². The van der Waals surface area contributed by atoms with Gasteiger partial charge in [0.15, 0.2) is 5.58 Å². The first-order valence-electron chi connectivity index (χ1n) is 7.83. The van der Waals surface area contributed by atoms with E-state index in [2.05, 4.69) is 15.3 Å². The molecule has 6 nitrogen and oxygen atoms in total. The molecule has 0 aliphatic carbocycles. The normalized spacial score (nSPS) is 12.5. The van der Waals surface area contributed by atoms with E-state index >= 15 is 0 Å². The number of fused-ring (bicyclic) bond motifs is 1. The zero-order chi connectivity index (χ0) is 17.1. The molecule has 2 N–H and O–H groups in total. The zero-order valence-electron chi connectivity index (χ0n) is 13.6. The van der Waals surface area contributed by atoms with Crippen LogP contribution in [0.5, 0.6) is 0 Å². The van der Waals surface area contributed by atoms with E-state index in [9.17, 15) is 9.90 Å². The van der Waals surface area contributed by atoms with Crippen molar-refractivity contribution >= 4 is 22.7 Å². The highest BCUT2D eigenvalue weighted by Crippen LogP contribution is 2.25. The second kappa shape index (κ2) is 6.80. The molecule has 3 aromatic rings. The Balaban J connectivity index is 1.78. The number of nitrogens with zero attached hydrogens (tertiary/aromatic N) is 2. The second-order valence-corrected chi connectivity index (χ2v) is 5.98. The van der Waals surface area contributed by atoms with Gasteiger partial charge in [0, 0.05) is 18.0 Å². The largest absolute Gasteiger partial charge is 0.435 e. The maximum absolute atomic E-state index is 12.0. The summed E-state index contributed by atoms with van der Waals surface area (Å²) in [5, 5.41) is 12.5. The molecule has 1 aromatic carbocycles. The third-order valence-electron chi connectivity index (χ3n) is 3.72. The predicted molar refractivity (Wildman–Crippen MR) is 91.3 cm³/mol. The zero-order valence-corrected chi connectivity index (χ0v) is 13.6. The van der Waals surface area contributed by atoms with Gasteiger partial charge in [-0.05, 0) is 30.2 Å². The summed E-state index contributed by atoms with van der Waals surface area (Å²) < 4.78 is 5.72. The minimum atomic E-state index is -0.658. The molecule has 2 heterocycles. The lowest BCUT2D eigenvalue weighted by Crippen LogP contribution is -2.23. The predicted octanol–water partition coefficient (Wildman–Crippen LogP) is 3.24. The third kappa shape index (κ3) is 3.60.